The van der Waals surface area contributed by atoms with Crippen LogP contribution in [0.1, 0.15) is 30.0 Å². The van der Waals surface area contributed by atoms with Crippen LogP contribution in [0.2, 0.25) is 5.02 Å². The molecule has 0 radical (unpaired) electrons. The van der Waals surface area contributed by atoms with Gasteiger partial charge in [0.15, 0.2) is 17.5 Å². The van der Waals surface area contributed by atoms with Crippen molar-refractivity contribution in [2.75, 3.05) is 33.9 Å². The highest BCUT2D eigenvalue weighted by Crippen LogP contribution is 2.32. The Bertz CT molecular complexity index is 867. The normalized spacial score (nSPS) is 15.8. The second-order valence-electron chi connectivity index (χ2n) is 7.17. The van der Waals surface area contributed by atoms with Gasteiger partial charge in [-0.3, -0.25) is 4.90 Å². The third-order valence-electron chi connectivity index (χ3n) is 5.27. The van der Waals surface area contributed by atoms with Crippen LogP contribution in [-0.4, -0.2) is 44.7 Å². The quantitative estimate of drug-likeness (QED) is 0.489. The zero-order valence-electron chi connectivity index (χ0n) is 17.3. The van der Waals surface area contributed by atoms with Crippen LogP contribution in [0.5, 0.6) is 11.5 Å². The number of halogens is 2. The summed E-state index contributed by atoms with van der Waals surface area (Å²) >= 11 is 6.33. The van der Waals surface area contributed by atoms with Crippen molar-refractivity contribution < 1.29 is 13.9 Å². The van der Waals surface area contributed by atoms with Gasteiger partial charge in [-0.2, -0.15) is 0 Å². The second-order valence-corrected chi connectivity index (χ2v) is 7.57. The van der Waals surface area contributed by atoms with E-state index >= 15 is 0 Å². The van der Waals surface area contributed by atoms with Crippen molar-refractivity contribution >= 4 is 17.6 Å². The molecule has 30 heavy (non-hydrogen) atoms. The molecule has 1 aliphatic rings. The molecular weight excluding hydrogens is 407 g/mol. The van der Waals surface area contributed by atoms with Crippen LogP contribution in [0.3, 0.4) is 0 Å². The van der Waals surface area contributed by atoms with Crippen LogP contribution in [-0.2, 0) is 6.54 Å². The van der Waals surface area contributed by atoms with E-state index in [-0.39, 0.29) is 11.9 Å². The van der Waals surface area contributed by atoms with Gasteiger partial charge in [0.1, 0.15) is 5.82 Å². The number of likely N-dealkylation sites (tertiary alicyclic amines) is 1. The Hall–Kier alpha value is -2.51. The van der Waals surface area contributed by atoms with Gasteiger partial charge >= 0.3 is 0 Å². The summed E-state index contributed by atoms with van der Waals surface area (Å²) in [6.07, 6.45) is 2.18. The molecule has 0 bridgehead atoms. The van der Waals surface area contributed by atoms with E-state index in [9.17, 15) is 4.39 Å². The lowest BCUT2D eigenvalue weighted by molar-refractivity contribution is 0.240. The minimum atomic E-state index is -0.304. The fraction of sp³-hybridized carbons (Fsp3) is 0.409. The molecule has 2 aromatic carbocycles. The van der Waals surface area contributed by atoms with E-state index in [1.54, 1.807) is 26.4 Å². The van der Waals surface area contributed by atoms with Crippen molar-refractivity contribution in [2.45, 2.75) is 25.4 Å². The number of rotatable bonds is 8. The standard InChI is InChI=1S/C22H28ClFN4O2/c1-29-19-9-8-15(12-20(19)30-2)13-26-22(25)27-14-18(28-10-3-4-11-28)21-16(23)6-5-7-17(21)24/h5-9,12,18H,3-4,10-11,13-14H2,1-2H3,(H3,25,26,27). The molecular formula is C22H28ClFN4O2. The van der Waals surface area contributed by atoms with Gasteiger partial charge in [0, 0.05) is 17.1 Å². The fourth-order valence-corrected chi connectivity index (χ4v) is 4.00. The first-order valence-electron chi connectivity index (χ1n) is 9.96. The summed E-state index contributed by atoms with van der Waals surface area (Å²) in [4.78, 5) is 6.64. The van der Waals surface area contributed by atoms with E-state index in [4.69, 9.17) is 26.8 Å². The van der Waals surface area contributed by atoms with Crippen molar-refractivity contribution in [1.29, 1.82) is 0 Å². The van der Waals surface area contributed by atoms with Gasteiger partial charge in [-0.15, -0.1) is 0 Å². The average molecular weight is 435 g/mol. The van der Waals surface area contributed by atoms with E-state index in [1.165, 1.54) is 6.07 Å². The Morgan fingerprint density at radius 1 is 1.20 bits per heavy atom. The summed E-state index contributed by atoms with van der Waals surface area (Å²) in [5, 5.41) is 3.56. The van der Waals surface area contributed by atoms with Gasteiger partial charge in [-0.05, 0) is 55.8 Å². The van der Waals surface area contributed by atoms with Gasteiger partial charge in [0.05, 0.1) is 26.8 Å². The first kappa shape index (κ1) is 22.2. The first-order valence-corrected chi connectivity index (χ1v) is 10.3. The highest BCUT2D eigenvalue weighted by atomic mass is 35.5. The third kappa shape index (κ3) is 5.34. The van der Waals surface area contributed by atoms with E-state index in [0.717, 1.165) is 31.5 Å². The van der Waals surface area contributed by atoms with Crippen LogP contribution >= 0.6 is 11.6 Å². The van der Waals surface area contributed by atoms with E-state index in [1.807, 2.05) is 18.2 Å². The number of nitrogens with one attached hydrogen (secondary N) is 1. The summed E-state index contributed by atoms with van der Waals surface area (Å²) in [5.41, 5.74) is 7.52. The van der Waals surface area contributed by atoms with Crippen LogP contribution in [0.4, 0.5) is 4.39 Å². The molecule has 1 aliphatic heterocycles. The zero-order chi connectivity index (χ0) is 21.5. The molecule has 1 atom stereocenters. The molecule has 162 valence electrons. The predicted molar refractivity (Wildman–Crippen MR) is 118 cm³/mol. The van der Waals surface area contributed by atoms with Gasteiger partial charge in [-0.25, -0.2) is 9.38 Å². The van der Waals surface area contributed by atoms with Crippen molar-refractivity contribution in [2.24, 2.45) is 10.7 Å². The fourth-order valence-electron chi connectivity index (χ4n) is 3.71. The summed E-state index contributed by atoms with van der Waals surface area (Å²) in [6.45, 7) is 2.61. The predicted octanol–water partition coefficient (Wildman–Crippen LogP) is 3.74. The minimum Gasteiger partial charge on any atom is -0.493 e. The van der Waals surface area contributed by atoms with Crippen LogP contribution in [0.15, 0.2) is 41.4 Å². The maximum Gasteiger partial charge on any atom is 0.188 e. The topological polar surface area (TPSA) is 72.1 Å². The van der Waals surface area contributed by atoms with Crippen LogP contribution < -0.4 is 20.5 Å². The summed E-state index contributed by atoms with van der Waals surface area (Å²) in [7, 11) is 3.18. The maximum absolute atomic E-state index is 14.6. The molecule has 1 saturated heterocycles. The summed E-state index contributed by atoms with van der Waals surface area (Å²) in [6, 6.07) is 10.2. The summed E-state index contributed by atoms with van der Waals surface area (Å²) in [5.74, 6) is 1.29. The lowest BCUT2D eigenvalue weighted by Crippen LogP contribution is -2.40. The molecule has 6 nitrogen and oxygen atoms in total. The average Bonchev–Trinajstić information content (AvgIpc) is 3.28. The number of nitrogens with zero attached hydrogens (tertiary/aromatic N) is 2. The number of nitrogens with two attached hydrogens (primary N) is 1. The first-order chi connectivity index (χ1) is 14.5. The van der Waals surface area contributed by atoms with Gasteiger partial charge in [0.25, 0.3) is 0 Å². The molecule has 0 saturated carbocycles. The molecule has 0 aromatic heterocycles. The van der Waals surface area contributed by atoms with Crippen molar-refractivity contribution in [1.82, 2.24) is 10.2 Å². The Kier molecular flexibility index (Phi) is 7.76. The highest BCUT2D eigenvalue weighted by Gasteiger charge is 2.27. The van der Waals surface area contributed by atoms with Gasteiger partial charge in [-0.1, -0.05) is 23.7 Å². The zero-order valence-corrected chi connectivity index (χ0v) is 18.1. The number of methoxy groups -OCH3 is 2. The van der Waals surface area contributed by atoms with Gasteiger partial charge in [0.2, 0.25) is 0 Å². The Morgan fingerprint density at radius 2 is 1.93 bits per heavy atom. The smallest absolute Gasteiger partial charge is 0.188 e. The lowest BCUT2D eigenvalue weighted by Gasteiger charge is -2.29. The molecule has 0 aliphatic carbocycles. The number of ether oxygens (including phenoxy) is 2. The summed E-state index contributed by atoms with van der Waals surface area (Å²) < 4.78 is 25.1. The van der Waals surface area contributed by atoms with Crippen LogP contribution in [0, 0.1) is 5.82 Å². The Balaban J connectivity index is 1.69. The highest BCUT2D eigenvalue weighted by molar-refractivity contribution is 6.31. The van der Waals surface area contributed by atoms with E-state index in [2.05, 4.69) is 15.2 Å². The Morgan fingerprint density at radius 3 is 2.60 bits per heavy atom. The van der Waals surface area contributed by atoms with Gasteiger partial charge < -0.3 is 20.5 Å². The number of benzene rings is 2. The number of aliphatic imine (C=N–C) groups is 1. The molecule has 2 aromatic rings. The third-order valence-corrected chi connectivity index (χ3v) is 5.60. The maximum atomic E-state index is 14.6. The molecule has 0 amide bonds. The van der Waals surface area contributed by atoms with Crippen LogP contribution in [0.25, 0.3) is 0 Å². The molecule has 1 unspecified atom stereocenters. The largest absolute Gasteiger partial charge is 0.493 e. The van der Waals surface area contributed by atoms with Crippen molar-refractivity contribution in [3.8, 4) is 11.5 Å². The second kappa shape index (κ2) is 10.5. The van der Waals surface area contributed by atoms with E-state index in [0.29, 0.717) is 41.1 Å². The number of hydrogen-bond acceptors (Lipinski definition) is 4. The Labute approximate surface area is 181 Å². The molecule has 0 spiro atoms. The molecule has 8 heteroatoms. The monoisotopic (exact) mass is 434 g/mol. The minimum absolute atomic E-state index is 0.212. The molecule has 1 fully saturated rings. The SMILES string of the molecule is COc1ccc(CN=C(N)NCC(c2c(F)cccc2Cl)N2CCCC2)cc1OC. The van der Waals surface area contributed by atoms with Crippen molar-refractivity contribution in [3.63, 3.8) is 0 Å². The molecule has 3 N–H and O–H groups in total. The van der Waals surface area contributed by atoms with E-state index < -0.39 is 0 Å². The number of guanidine groups is 1. The number of hydrogen-bond donors (Lipinski definition) is 2. The molecule has 3 rings (SSSR count). The lowest BCUT2D eigenvalue weighted by atomic mass is 10.0. The molecule has 1 heterocycles. The van der Waals surface area contributed by atoms with Crippen molar-refractivity contribution in [3.05, 3.63) is 58.4 Å².